The highest BCUT2D eigenvalue weighted by molar-refractivity contribution is 5.74. The third kappa shape index (κ3) is 0.736. The summed E-state index contributed by atoms with van der Waals surface area (Å²) >= 11 is 0. The van der Waals surface area contributed by atoms with E-state index in [4.69, 9.17) is 9.84 Å². The van der Waals surface area contributed by atoms with Gasteiger partial charge in [-0.1, -0.05) is 0 Å². The van der Waals surface area contributed by atoms with Crippen LogP contribution in [0.4, 0.5) is 0 Å². The van der Waals surface area contributed by atoms with Crippen molar-refractivity contribution in [2.45, 2.75) is 6.42 Å². The minimum absolute atomic E-state index is 0.0810. The molecule has 3 heteroatoms. The number of rotatable bonds is 1. The Morgan fingerprint density at radius 2 is 2.30 bits per heavy atom. The smallest absolute Gasteiger partial charge is 0.307 e. The predicted molar refractivity (Wildman–Crippen MR) is 33.5 cm³/mol. The Balaban J connectivity index is 1.99. The Kier molecular flexibility index (Phi) is 1.20. The summed E-state index contributed by atoms with van der Waals surface area (Å²) in [5.41, 5.74) is 0. The van der Waals surface area contributed by atoms with Crippen LogP contribution in [0.25, 0.3) is 0 Å². The molecule has 0 bridgehead atoms. The molecule has 1 saturated carbocycles. The summed E-state index contributed by atoms with van der Waals surface area (Å²) < 4.78 is 5.14. The molecule has 1 aliphatic carbocycles. The maximum atomic E-state index is 10.5. The van der Waals surface area contributed by atoms with Crippen molar-refractivity contribution < 1.29 is 14.6 Å². The van der Waals surface area contributed by atoms with Gasteiger partial charge in [-0.05, 0) is 18.3 Å². The average Bonchev–Trinajstić information content (AvgIpc) is 2.60. The fraction of sp³-hybridized carbons (Fsp3) is 0.857. The highest BCUT2D eigenvalue weighted by atomic mass is 16.5. The summed E-state index contributed by atoms with van der Waals surface area (Å²) in [6.07, 6.45) is 0.946. The van der Waals surface area contributed by atoms with Crippen molar-refractivity contribution in [3.8, 4) is 0 Å². The molecule has 2 fully saturated rings. The van der Waals surface area contributed by atoms with Gasteiger partial charge < -0.3 is 9.84 Å². The van der Waals surface area contributed by atoms with E-state index in [1.54, 1.807) is 0 Å². The summed E-state index contributed by atoms with van der Waals surface area (Å²) in [6, 6.07) is 0. The van der Waals surface area contributed by atoms with Gasteiger partial charge in [0.2, 0.25) is 0 Å². The molecule has 3 atom stereocenters. The zero-order valence-corrected chi connectivity index (χ0v) is 5.62. The SMILES string of the molecule is O=C(O)[C@H]1[C@@H]2COCC[C@@H]21. The zero-order valence-electron chi connectivity index (χ0n) is 5.62. The second-order valence-electron chi connectivity index (χ2n) is 3.06. The number of carboxylic acids is 1. The highest BCUT2D eigenvalue weighted by Gasteiger charge is 2.55. The van der Waals surface area contributed by atoms with Crippen LogP contribution in [0.1, 0.15) is 6.42 Å². The van der Waals surface area contributed by atoms with Crippen molar-refractivity contribution >= 4 is 5.97 Å². The minimum Gasteiger partial charge on any atom is -0.481 e. The van der Waals surface area contributed by atoms with E-state index in [9.17, 15) is 4.79 Å². The van der Waals surface area contributed by atoms with Crippen molar-refractivity contribution in [3.63, 3.8) is 0 Å². The van der Waals surface area contributed by atoms with Crippen LogP contribution < -0.4 is 0 Å². The Hall–Kier alpha value is -0.570. The summed E-state index contributed by atoms with van der Waals surface area (Å²) in [5.74, 6) is 0.0560. The molecule has 0 amide bonds. The lowest BCUT2D eigenvalue weighted by molar-refractivity contribution is -0.139. The third-order valence-corrected chi connectivity index (χ3v) is 2.52. The van der Waals surface area contributed by atoms with Crippen LogP contribution in [0.5, 0.6) is 0 Å². The maximum absolute atomic E-state index is 10.5. The molecular formula is C7H10O3. The molecule has 1 saturated heterocycles. The van der Waals surface area contributed by atoms with Gasteiger partial charge in [-0.2, -0.15) is 0 Å². The molecule has 2 rings (SSSR count). The third-order valence-electron chi connectivity index (χ3n) is 2.52. The molecule has 3 nitrogen and oxygen atoms in total. The zero-order chi connectivity index (χ0) is 7.14. The van der Waals surface area contributed by atoms with Gasteiger partial charge >= 0.3 is 5.97 Å². The van der Waals surface area contributed by atoms with Gasteiger partial charge in [-0.3, -0.25) is 4.79 Å². The van der Waals surface area contributed by atoms with E-state index < -0.39 is 5.97 Å². The van der Waals surface area contributed by atoms with E-state index in [-0.39, 0.29) is 5.92 Å². The van der Waals surface area contributed by atoms with E-state index in [2.05, 4.69) is 0 Å². The van der Waals surface area contributed by atoms with Crippen LogP contribution in [0.15, 0.2) is 0 Å². The van der Waals surface area contributed by atoms with Crippen molar-refractivity contribution in [1.82, 2.24) is 0 Å². The molecule has 2 aliphatic rings. The van der Waals surface area contributed by atoms with Crippen molar-refractivity contribution in [2.24, 2.45) is 17.8 Å². The number of aliphatic carboxylic acids is 1. The maximum Gasteiger partial charge on any atom is 0.307 e. The van der Waals surface area contributed by atoms with Gasteiger partial charge in [0.05, 0.1) is 12.5 Å². The van der Waals surface area contributed by atoms with Crippen LogP contribution in [0.2, 0.25) is 0 Å². The van der Waals surface area contributed by atoms with Crippen LogP contribution in [0, 0.1) is 17.8 Å². The number of hydrogen-bond donors (Lipinski definition) is 1. The average molecular weight is 142 g/mol. The molecule has 1 aliphatic heterocycles. The second kappa shape index (κ2) is 1.95. The minimum atomic E-state index is -0.638. The topological polar surface area (TPSA) is 46.5 Å². The molecule has 0 aromatic rings. The Bertz CT molecular complexity index is 154. The summed E-state index contributed by atoms with van der Waals surface area (Å²) in [5, 5.41) is 8.63. The van der Waals surface area contributed by atoms with E-state index in [0.29, 0.717) is 18.4 Å². The van der Waals surface area contributed by atoms with Crippen LogP contribution in [-0.4, -0.2) is 24.3 Å². The van der Waals surface area contributed by atoms with Crippen LogP contribution in [0.3, 0.4) is 0 Å². The van der Waals surface area contributed by atoms with Crippen molar-refractivity contribution in [1.29, 1.82) is 0 Å². The van der Waals surface area contributed by atoms with Crippen LogP contribution in [-0.2, 0) is 9.53 Å². The fourth-order valence-electron chi connectivity index (χ4n) is 1.87. The highest BCUT2D eigenvalue weighted by Crippen LogP contribution is 2.50. The van der Waals surface area contributed by atoms with Gasteiger partial charge in [-0.15, -0.1) is 0 Å². The monoisotopic (exact) mass is 142 g/mol. The van der Waals surface area contributed by atoms with Crippen molar-refractivity contribution in [2.75, 3.05) is 13.2 Å². The van der Waals surface area contributed by atoms with Gasteiger partial charge in [0.25, 0.3) is 0 Å². The first-order valence-electron chi connectivity index (χ1n) is 3.61. The molecule has 1 N–H and O–H groups in total. The largest absolute Gasteiger partial charge is 0.481 e. The second-order valence-corrected chi connectivity index (χ2v) is 3.06. The molecule has 10 heavy (non-hydrogen) atoms. The van der Waals surface area contributed by atoms with Gasteiger partial charge in [0, 0.05) is 6.61 Å². The molecule has 0 aromatic heterocycles. The fourth-order valence-corrected chi connectivity index (χ4v) is 1.87. The molecular weight excluding hydrogens is 132 g/mol. The Morgan fingerprint density at radius 1 is 1.50 bits per heavy atom. The van der Waals surface area contributed by atoms with Gasteiger partial charge in [-0.25, -0.2) is 0 Å². The van der Waals surface area contributed by atoms with E-state index in [0.717, 1.165) is 13.0 Å². The summed E-state index contributed by atoms with van der Waals surface area (Å²) in [7, 11) is 0. The molecule has 1 heterocycles. The Morgan fingerprint density at radius 3 is 2.80 bits per heavy atom. The molecule has 56 valence electrons. The summed E-state index contributed by atoms with van der Waals surface area (Å²) in [6.45, 7) is 1.42. The van der Waals surface area contributed by atoms with Crippen LogP contribution >= 0.6 is 0 Å². The standard InChI is InChI=1S/C7H10O3/c8-7(9)6-4-1-2-10-3-5(4)6/h4-6H,1-3H2,(H,8,9)/t4-,5+,6+/m0/s1. The van der Waals surface area contributed by atoms with Crippen molar-refractivity contribution in [3.05, 3.63) is 0 Å². The summed E-state index contributed by atoms with van der Waals surface area (Å²) in [4.78, 5) is 10.5. The first-order valence-corrected chi connectivity index (χ1v) is 3.61. The van der Waals surface area contributed by atoms with E-state index in [1.807, 2.05) is 0 Å². The first-order chi connectivity index (χ1) is 4.80. The number of carboxylic acid groups (broad SMARTS) is 1. The Labute approximate surface area is 59.0 Å². The van der Waals surface area contributed by atoms with E-state index >= 15 is 0 Å². The predicted octanol–water partition coefficient (Wildman–Crippen LogP) is 0.354. The number of ether oxygens (including phenoxy) is 1. The normalized spacial score (nSPS) is 44.2. The lowest BCUT2D eigenvalue weighted by Gasteiger charge is -2.07. The molecule has 0 unspecified atom stereocenters. The number of carbonyl (C=O) groups is 1. The molecule has 0 radical (unpaired) electrons. The van der Waals surface area contributed by atoms with Gasteiger partial charge in [0.1, 0.15) is 0 Å². The number of hydrogen-bond acceptors (Lipinski definition) is 2. The van der Waals surface area contributed by atoms with E-state index in [1.165, 1.54) is 0 Å². The molecule has 0 aromatic carbocycles. The molecule has 0 spiro atoms. The number of fused-ring (bicyclic) bond motifs is 1. The lowest BCUT2D eigenvalue weighted by Crippen LogP contribution is -2.07. The first kappa shape index (κ1) is 6.16. The quantitative estimate of drug-likeness (QED) is 0.574. The lowest BCUT2D eigenvalue weighted by atomic mass is 10.2. The van der Waals surface area contributed by atoms with Gasteiger partial charge in [0.15, 0.2) is 0 Å².